The van der Waals surface area contributed by atoms with E-state index < -0.39 is 6.03 Å². The van der Waals surface area contributed by atoms with Gasteiger partial charge in [0.2, 0.25) is 0 Å². The lowest BCUT2D eigenvalue weighted by molar-refractivity contribution is -0.115. The maximum atomic E-state index is 9.44. The summed E-state index contributed by atoms with van der Waals surface area (Å²) >= 11 is 0. The van der Waals surface area contributed by atoms with Gasteiger partial charge in [0.15, 0.2) is 0 Å². The Morgan fingerprint density at radius 3 is 1.39 bits per heavy atom. The van der Waals surface area contributed by atoms with Crippen LogP contribution in [0, 0.1) is 0 Å². The molecule has 18 heavy (non-hydrogen) atoms. The monoisotopic (exact) mass is 258 g/mol. The van der Waals surface area contributed by atoms with Crippen LogP contribution in [0.3, 0.4) is 0 Å². The molecule has 0 unspecified atom stereocenters. The molecule has 6 N–H and O–H groups in total. The number of Topliss-reactive ketones (excluding diaryl/α,β-unsaturated/α-hetero) is 1. The van der Waals surface area contributed by atoms with E-state index >= 15 is 0 Å². The summed E-state index contributed by atoms with van der Waals surface area (Å²) in [5.41, 5.74) is 8.50. The quantitative estimate of drug-likeness (QED) is 0.536. The third-order valence-electron chi connectivity index (χ3n) is 0.830. The third-order valence-corrected chi connectivity index (χ3v) is 0.830. The summed E-state index contributed by atoms with van der Waals surface area (Å²) in [7, 11) is 0. The van der Waals surface area contributed by atoms with E-state index in [-0.39, 0.29) is 17.3 Å². The molecule has 2 amide bonds. The molecule has 0 spiro atoms. The highest BCUT2D eigenvalue weighted by Gasteiger charge is 1.85. The Morgan fingerprint density at radius 1 is 1.06 bits per heavy atom. The minimum absolute atomic E-state index is 0.0880. The van der Waals surface area contributed by atoms with E-state index in [0.717, 1.165) is 0 Å². The molecule has 7 nitrogen and oxygen atoms in total. The van der Waals surface area contributed by atoms with Gasteiger partial charge < -0.3 is 31.3 Å². The van der Waals surface area contributed by atoms with Gasteiger partial charge in [-0.1, -0.05) is 6.07 Å². The molecule has 1 rings (SSSR count). The second-order valence-electron chi connectivity index (χ2n) is 2.83. The Morgan fingerprint density at radius 2 is 1.28 bits per heavy atom. The van der Waals surface area contributed by atoms with Crippen LogP contribution in [0.2, 0.25) is 0 Å². The highest BCUT2D eigenvalue weighted by atomic mass is 16.3. The fourth-order valence-corrected chi connectivity index (χ4v) is 0.493. The van der Waals surface area contributed by atoms with Gasteiger partial charge in [-0.05, 0) is 26.0 Å². The lowest BCUT2D eigenvalue weighted by Gasteiger charge is -1.89. The molecule has 0 radical (unpaired) electrons. The van der Waals surface area contributed by atoms with Gasteiger partial charge in [-0.15, -0.1) is 0 Å². The van der Waals surface area contributed by atoms with Gasteiger partial charge in [0.25, 0.3) is 0 Å². The number of hydrogen-bond donors (Lipinski definition) is 4. The molecule has 0 aliphatic heterocycles. The molecule has 0 bridgehead atoms. The van der Waals surface area contributed by atoms with E-state index in [2.05, 4.69) is 11.5 Å². The number of phenols is 2. The fraction of sp³-hybridized carbons (Fsp3) is 0.182. The largest absolute Gasteiger partial charge is 0.508 e. The molecule has 102 valence electrons. The summed E-state index contributed by atoms with van der Waals surface area (Å²) in [4.78, 5) is 26.4. The molecule has 0 aliphatic rings. The van der Waals surface area contributed by atoms with Crippen LogP contribution in [0.5, 0.6) is 11.5 Å². The van der Waals surface area contributed by atoms with Crippen molar-refractivity contribution in [3.8, 4) is 11.5 Å². The average molecular weight is 258 g/mol. The lowest BCUT2D eigenvalue weighted by atomic mass is 10.3. The number of carbonyl (C=O) groups is 3. The summed E-state index contributed by atoms with van der Waals surface area (Å²) in [6.07, 6.45) is 0. The molecular formula is C11H18N2O5. The van der Waals surface area contributed by atoms with Gasteiger partial charge >= 0.3 is 6.03 Å². The van der Waals surface area contributed by atoms with Crippen LogP contribution in [0.25, 0.3) is 0 Å². The number of carbonyl (C=O) groups excluding carboxylic acids is 3. The van der Waals surface area contributed by atoms with Crippen LogP contribution in [0.1, 0.15) is 13.8 Å². The minimum Gasteiger partial charge on any atom is -0.508 e. The van der Waals surface area contributed by atoms with E-state index in [1.54, 1.807) is 6.07 Å². The first-order valence-electron chi connectivity index (χ1n) is 4.54. The van der Waals surface area contributed by atoms with Gasteiger partial charge in [-0.3, -0.25) is 0 Å². The molecule has 0 atom stereocenters. The van der Waals surface area contributed by atoms with Crippen molar-refractivity contribution in [3.05, 3.63) is 24.3 Å². The SMILES string of the molecule is C=O.CC(C)=O.NC(N)=O.Oc1cccc(O)c1. The van der Waals surface area contributed by atoms with Gasteiger partial charge in [0.05, 0.1) is 0 Å². The molecule has 1 aromatic rings. The fourth-order valence-electron chi connectivity index (χ4n) is 0.493. The predicted molar refractivity (Wildman–Crippen MR) is 67.0 cm³/mol. The minimum atomic E-state index is -0.833. The first-order chi connectivity index (χ1) is 8.25. The maximum Gasteiger partial charge on any atom is 0.309 e. The number of ketones is 1. The molecule has 7 heteroatoms. The number of aromatic hydroxyl groups is 2. The Balaban J connectivity index is -0.000000194. The Labute approximate surface area is 105 Å². The summed E-state index contributed by atoms with van der Waals surface area (Å²) in [6, 6.07) is 5.02. The Bertz CT molecular complexity index is 318. The van der Waals surface area contributed by atoms with E-state index in [0.29, 0.717) is 0 Å². The third kappa shape index (κ3) is 37.6. The molecule has 0 aromatic heterocycles. The van der Waals surface area contributed by atoms with Crippen molar-refractivity contribution in [1.29, 1.82) is 0 Å². The molecule has 0 saturated heterocycles. The number of phenolic OH excluding ortho intramolecular Hbond substituents is 2. The zero-order chi connectivity index (χ0) is 15.1. The second kappa shape index (κ2) is 14.4. The number of benzene rings is 1. The van der Waals surface area contributed by atoms with E-state index in [1.165, 1.54) is 32.0 Å². The first-order valence-corrected chi connectivity index (χ1v) is 4.54. The molecule has 0 saturated carbocycles. The maximum absolute atomic E-state index is 9.44. The zero-order valence-corrected chi connectivity index (χ0v) is 10.3. The average Bonchev–Trinajstić information content (AvgIpc) is 2.18. The lowest BCUT2D eigenvalue weighted by Crippen LogP contribution is -2.18. The zero-order valence-electron chi connectivity index (χ0n) is 10.3. The first kappa shape index (κ1) is 20.8. The molecule has 0 fully saturated rings. The molecule has 0 heterocycles. The van der Waals surface area contributed by atoms with Gasteiger partial charge in [-0.2, -0.15) is 0 Å². The van der Waals surface area contributed by atoms with Crippen LogP contribution in [-0.4, -0.2) is 28.8 Å². The van der Waals surface area contributed by atoms with Crippen LogP contribution >= 0.6 is 0 Å². The number of nitrogens with two attached hydrogens (primary N) is 2. The molecule has 0 aliphatic carbocycles. The second-order valence-corrected chi connectivity index (χ2v) is 2.83. The number of amides is 2. The molecule has 1 aromatic carbocycles. The standard InChI is InChI=1S/C6H6O2.C3H6O.CH4N2O.CH2O/c7-5-2-1-3-6(8)4-5;1-3(2)4;2-1(3)4;1-2/h1-4,7-8H;1-2H3;(H4,2,3,4);1H2. The highest BCUT2D eigenvalue weighted by Crippen LogP contribution is 2.14. The topological polar surface area (TPSA) is 144 Å². The summed E-state index contributed by atoms with van der Waals surface area (Å²) < 4.78 is 0. The van der Waals surface area contributed by atoms with E-state index in [4.69, 9.17) is 19.8 Å². The van der Waals surface area contributed by atoms with E-state index in [1.807, 2.05) is 6.79 Å². The van der Waals surface area contributed by atoms with Gasteiger partial charge in [0, 0.05) is 6.07 Å². The van der Waals surface area contributed by atoms with Crippen molar-refractivity contribution in [2.45, 2.75) is 13.8 Å². The molecular weight excluding hydrogens is 240 g/mol. The highest BCUT2D eigenvalue weighted by molar-refractivity contribution is 5.72. The number of hydrogen-bond acceptors (Lipinski definition) is 5. The van der Waals surface area contributed by atoms with Crippen molar-refractivity contribution in [3.63, 3.8) is 0 Å². The number of urea groups is 1. The smallest absolute Gasteiger partial charge is 0.309 e. The number of rotatable bonds is 0. The van der Waals surface area contributed by atoms with Crippen molar-refractivity contribution >= 4 is 18.6 Å². The van der Waals surface area contributed by atoms with Crippen LogP contribution < -0.4 is 11.5 Å². The summed E-state index contributed by atoms with van der Waals surface area (Å²) in [5.74, 6) is 0.343. The van der Waals surface area contributed by atoms with Crippen molar-refractivity contribution in [2.75, 3.05) is 0 Å². The summed E-state index contributed by atoms with van der Waals surface area (Å²) in [5, 5.41) is 17.3. The van der Waals surface area contributed by atoms with Gasteiger partial charge in [0.1, 0.15) is 24.1 Å². The van der Waals surface area contributed by atoms with Crippen molar-refractivity contribution in [2.24, 2.45) is 11.5 Å². The Kier molecular flexibility index (Phi) is 16.7. The van der Waals surface area contributed by atoms with Crippen molar-refractivity contribution in [1.82, 2.24) is 0 Å². The predicted octanol–water partition coefficient (Wildman–Crippen LogP) is 0.532. The van der Waals surface area contributed by atoms with E-state index in [9.17, 15) is 4.79 Å². The number of primary amides is 2. The van der Waals surface area contributed by atoms with Gasteiger partial charge in [-0.25, -0.2) is 4.79 Å². The van der Waals surface area contributed by atoms with Crippen LogP contribution in [0.4, 0.5) is 4.79 Å². The van der Waals surface area contributed by atoms with Crippen LogP contribution in [-0.2, 0) is 9.59 Å². The Hall–Kier alpha value is -2.57. The summed E-state index contributed by atoms with van der Waals surface area (Å²) in [6.45, 7) is 5.06. The van der Waals surface area contributed by atoms with Crippen molar-refractivity contribution < 1.29 is 24.6 Å². The van der Waals surface area contributed by atoms with Crippen LogP contribution in [0.15, 0.2) is 24.3 Å². The normalized spacial score (nSPS) is 7.00.